The van der Waals surface area contributed by atoms with Crippen molar-refractivity contribution < 1.29 is 5.11 Å². The molecule has 1 fully saturated rings. The fourth-order valence-electron chi connectivity index (χ4n) is 2.84. The molecule has 0 unspecified atom stereocenters. The second-order valence-electron chi connectivity index (χ2n) is 5.09. The van der Waals surface area contributed by atoms with Crippen LogP contribution in [-0.4, -0.2) is 42.8 Å². The highest BCUT2D eigenvalue weighted by Crippen LogP contribution is 2.24. The summed E-state index contributed by atoms with van der Waals surface area (Å²) in [5.41, 5.74) is 1.21. The summed E-state index contributed by atoms with van der Waals surface area (Å²) in [5.74, 6) is 0. The Morgan fingerprint density at radius 1 is 1.05 bits per heavy atom. The zero-order valence-corrected chi connectivity index (χ0v) is 12.3. The SMILES string of the molecule is Cl.OC[C@@H](c1ccc2ccccc2c1)N1CCNCC1. The highest BCUT2D eigenvalue weighted by Gasteiger charge is 2.21. The molecule has 2 N–H and O–H groups in total. The van der Waals surface area contributed by atoms with Gasteiger partial charge in [-0.1, -0.05) is 36.4 Å². The topological polar surface area (TPSA) is 35.5 Å². The van der Waals surface area contributed by atoms with Crippen molar-refractivity contribution in [1.29, 1.82) is 0 Å². The van der Waals surface area contributed by atoms with Gasteiger partial charge >= 0.3 is 0 Å². The Labute approximate surface area is 126 Å². The van der Waals surface area contributed by atoms with Crippen molar-refractivity contribution in [3.8, 4) is 0 Å². The number of halogens is 1. The maximum absolute atomic E-state index is 9.74. The van der Waals surface area contributed by atoms with Gasteiger partial charge in [0.1, 0.15) is 0 Å². The quantitative estimate of drug-likeness (QED) is 0.910. The molecule has 108 valence electrons. The number of nitrogens with zero attached hydrogens (tertiary/aromatic N) is 1. The molecule has 0 bridgehead atoms. The minimum Gasteiger partial charge on any atom is -0.394 e. The van der Waals surface area contributed by atoms with E-state index in [1.54, 1.807) is 0 Å². The third kappa shape index (κ3) is 3.13. The van der Waals surface area contributed by atoms with Gasteiger partial charge in [-0.3, -0.25) is 4.90 Å². The molecule has 0 aromatic heterocycles. The molecule has 1 saturated heterocycles. The van der Waals surface area contributed by atoms with Crippen molar-refractivity contribution in [2.45, 2.75) is 6.04 Å². The number of aliphatic hydroxyl groups is 1. The Hall–Kier alpha value is -1.13. The number of hydrogen-bond donors (Lipinski definition) is 2. The Balaban J connectivity index is 0.00000147. The second-order valence-corrected chi connectivity index (χ2v) is 5.09. The summed E-state index contributed by atoms with van der Waals surface area (Å²) < 4.78 is 0. The lowest BCUT2D eigenvalue weighted by Gasteiger charge is -2.34. The monoisotopic (exact) mass is 292 g/mol. The molecule has 1 heterocycles. The molecule has 2 aromatic carbocycles. The van der Waals surface area contributed by atoms with E-state index >= 15 is 0 Å². The summed E-state index contributed by atoms with van der Waals surface area (Å²) in [5, 5.41) is 15.6. The molecule has 1 atom stereocenters. The third-order valence-corrected chi connectivity index (χ3v) is 3.92. The van der Waals surface area contributed by atoms with Gasteiger partial charge in [0, 0.05) is 26.2 Å². The smallest absolute Gasteiger partial charge is 0.0628 e. The van der Waals surface area contributed by atoms with E-state index in [1.807, 2.05) is 0 Å². The summed E-state index contributed by atoms with van der Waals surface area (Å²) >= 11 is 0. The Bertz CT molecular complexity index is 555. The van der Waals surface area contributed by atoms with Crippen LogP contribution in [0.1, 0.15) is 11.6 Å². The maximum Gasteiger partial charge on any atom is 0.0628 e. The van der Waals surface area contributed by atoms with Gasteiger partial charge in [0.15, 0.2) is 0 Å². The highest BCUT2D eigenvalue weighted by molar-refractivity contribution is 5.85. The average Bonchev–Trinajstić information content (AvgIpc) is 2.49. The van der Waals surface area contributed by atoms with Crippen LogP contribution in [0.2, 0.25) is 0 Å². The van der Waals surface area contributed by atoms with E-state index in [-0.39, 0.29) is 25.1 Å². The molecule has 0 saturated carbocycles. The van der Waals surface area contributed by atoms with Gasteiger partial charge < -0.3 is 10.4 Å². The fraction of sp³-hybridized carbons (Fsp3) is 0.375. The van der Waals surface area contributed by atoms with Crippen molar-refractivity contribution >= 4 is 23.2 Å². The lowest BCUT2D eigenvalue weighted by atomic mass is 10.0. The summed E-state index contributed by atoms with van der Waals surface area (Å²) in [6.07, 6.45) is 0. The van der Waals surface area contributed by atoms with E-state index in [0.717, 1.165) is 26.2 Å². The first-order chi connectivity index (χ1) is 9.38. The van der Waals surface area contributed by atoms with E-state index in [9.17, 15) is 5.11 Å². The molecule has 0 spiro atoms. The maximum atomic E-state index is 9.74. The normalized spacial score (nSPS) is 17.6. The molecule has 2 aromatic rings. The second kappa shape index (κ2) is 7.04. The molecule has 3 nitrogen and oxygen atoms in total. The van der Waals surface area contributed by atoms with Crippen LogP contribution in [-0.2, 0) is 0 Å². The van der Waals surface area contributed by atoms with Crippen LogP contribution in [0, 0.1) is 0 Å². The van der Waals surface area contributed by atoms with Gasteiger partial charge in [0.05, 0.1) is 12.6 Å². The van der Waals surface area contributed by atoms with Crippen LogP contribution in [0.5, 0.6) is 0 Å². The predicted molar refractivity (Wildman–Crippen MR) is 85.5 cm³/mol. The Morgan fingerprint density at radius 2 is 1.75 bits per heavy atom. The van der Waals surface area contributed by atoms with Crippen molar-refractivity contribution in [2.75, 3.05) is 32.8 Å². The van der Waals surface area contributed by atoms with Crippen molar-refractivity contribution in [3.05, 3.63) is 48.0 Å². The molecule has 1 aliphatic heterocycles. The van der Waals surface area contributed by atoms with Crippen LogP contribution in [0.15, 0.2) is 42.5 Å². The standard InChI is InChI=1S/C16H20N2O.ClH/c19-12-16(18-9-7-17-8-10-18)15-6-5-13-3-1-2-4-14(13)11-15;/h1-6,11,16-17,19H,7-10,12H2;1H/t16-;/m0./s1. The van der Waals surface area contributed by atoms with Crippen LogP contribution in [0.3, 0.4) is 0 Å². The minimum atomic E-state index is 0. The van der Waals surface area contributed by atoms with E-state index < -0.39 is 0 Å². The van der Waals surface area contributed by atoms with Gasteiger partial charge in [0.2, 0.25) is 0 Å². The number of fused-ring (bicyclic) bond motifs is 1. The van der Waals surface area contributed by atoms with Crippen LogP contribution in [0.4, 0.5) is 0 Å². The number of aliphatic hydroxyl groups excluding tert-OH is 1. The molecule has 1 aliphatic rings. The molecule has 0 amide bonds. The number of piperazine rings is 1. The minimum absolute atomic E-state index is 0. The molecule has 0 aliphatic carbocycles. The molecular formula is C16H21ClN2O. The van der Waals surface area contributed by atoms with Gasteiger partial charge in [0.25, 0.3) is 0 Å². The summed E-state index contributed by atoms with van der Waals surface area (Å²) in [6.45, 7) is 4.18. The van der Waals surface area contributed by atoms with Crippen molar-refractivity contribution in [3.63, 3.8) is 0 Å². The Morgan fingerprint density at radius 3 is 2.45 bits per heavy atom. The molecular weight excluding hydrogens is 272 g/mol. The first-order valence-corrected chi connectivity index (χ1v) is 6.93. The molecule has 4 heteroatoms. The first kappa shape index (κ1) is 15.3. The van der Waals surface area contributed by atoms with E-state index in [1.165, 1.54) is 16.3 Å². The number of rotatable bonds is 3. The first-order valence-electron chi connectivity index (χ1n) is 6.93. The molecule has 3 rings (SSSR count). The lowest BCUT2D eigenvalue weighted by molar-refractivity contribution is 0.111. The van der Waals surface area contributed by atoms with Crippen LogP contribution >= 0.6 is 12.4 Å². The highest BCUT2D eigenvalue weighted by atomic mass is 35.5. The number of nitrogens with one attached hydrogen (secondary N) is 1. The zero-order valence-electron chi connectivity index (χ0n) is 11.5. The lowest BCUT2D eigenvalue weighted by Crippen LogP contribution is -2.46. The van der Waals surface area contributed by atoms with Crippen LogP contribution < -0.4 is 5.32 Å². The van der Waals surface area contributed by atoms with E-state index in [4.69, 9.17) is 0 Å². The van der Waals surface area contributed by atoms with Gasteiger partial charge in [-0.15, -0.1) is 12.4 Å². The summed E-state index contributed by atoms with van der Waals surface area (Å²) in [4.78, 5) is 2.36. The van der Waals surface area contributed by atoms with Gasteiger partial charge in [-0.05, 0) is 22.4 Å². The van der Waals surface area contributed by atoms with E-state index in [0.29, 0.717) is 0 Å². The molecule has 20 heavy (non-hydrogen) atoms. The van der Waals surface area contributed by atoms with E-state index in [2.05, 4.69) is 52.7 Å². The van der Waals surface area contributed by atoms with Crippen molar-refractivity contribution in [1.82, 2.24) is 10.2 Å². The van der Waals surface area contributed by atoms with Gasteiger partial charge in [-0.2, -0.15) is 0 Å². The van der Waals surface area contributed by atoms with Crippen molar-refractivity contribution in [2.24, 2.45) is 0 Å². The van der Waals surface area contributed by atoms with Gasteiger partial charge in [-0.25, -0.2) is 0 Å². The number of benzene rings is 2. The zero-order chi connectivity index (χ0) is 13.1. The van der Waals surface area contributed by atoms with Crippen LogP contribution in [0.25, 0.3) is 10.8 Å². The summed E-state index contributed by atoms with van der Waals surface area (Å²) in [7, 11) is 0. The third-order valence-electron chi connectivity index (χ3n) is 3.92. The summed E-state index contributed by atoms with van der Waals surface area (Å²) in [6, 6.07) is 15.0. The predicted octanol–water partition coefficient (Wildman–Crippen LogP) is 2.20. The largest absolute Gasteiger partial charge is 0.394 e. The molecule has 0 radical (unpaired) electrons. The Kier molecular flexibility index (Phi) is 5.38. The average molecular weight is 293 g/mol. The fourth-order valence-corrected chi connectivity index (χ4v) is 2.84. The number of hydrogen-bond acceptors (Lipinski definition) is 3.